The van der Waals surface area contributed by atoms with Gasteiger partial charge in [-0.15, -0.1) is 0 Å². The van der Waals surface area contributed by atoms with Gasteiger partial charge in [-0.05, 0) is 17.5 Å². The minimum absolute atomic E-state index is 0.152. The van der Waals surface area contributed by atoms with Crippen LogP contribution in [0, 0.1) is 5.82 Å². The maximum atomic E-state index is 13.3. The molecule has 1 aromatic carbocycles. The van der Waals surface area contributed by atoms with E-state index in [1.165, 1.54) is 17.0 Å². The predicted molar refractivity (Wildman–Crippen MR) is 83.9 cm³/mol. The van der Waals surface area contributed by atoms with Crippen LogP contribution in [0.3, 0.4) is 0 Å². The van der Waals surface area contributed by atoms with E-state index in [0.29, 0.717) is 32.1 Å². The molecule has 22 heavy (non-hydrogen) atoms. The van der Waals surface area contributed by atoms with Crippen molar-refractivity contribution in [1.29, 1.82) is 0 Å². The third-order valence-electron chi connectivity index (χ3n) is 3.01. The second kappa shape index (κ2) is 9.25. The van der Waals surface area contributed by atoms with Crippen LogP contribution in [0.25, 0.3) is 0 Å². The number of nitrogens with one attached hydrogen (secondary N) is 1. The number of halogens is 1. The standard InChI is InChI=1S/C16H25FN2O3/c1-12(2)14-6-5-13(17)11-15(14)22-10-9-21-8-7-18-16(20)19(3)4/h5-6,11-12H,7-10H2,1-4H3,(H,18,20). The van der Waals surface area contributed by atoms with Crippen molar-refractivity contribution in [1.82, 2.24) is 10.2 Å². The molecule has 5 nitrogen and oxygen atoms in total. The van der Waals surface area contributed by atoms with Gasteiger partial charge in [-0.25, -0.2) is 9.18 Å². The van der Waals surface area contributed by atoms with E-state index in [4.69, 9.17) is 9.47 Å². The SMILES string of the molecule is CC(C)c1ccc(F)cc1OCCOCCNC(=O)N(C)C. The molecule has 0 bridgehead atoms. The summed E-state index contributed by atoms with van der Waals surface area (Å²) in [7, 11) is 3.35. The maximum absolute atomic E-state index is 13.3. The Balaban J connectivity index is 2.25. The summed E-state index contributed by atoms with van der Waals surface area (Å²) in [6.45, 7) is 5.63. The molecule has 0 fully saturated rings. The number of hydrogen-bond donors (Lipinski definition) is 1. The predicted octanol–water partition coefficient (Wildman–Crippen LogP) is 2.62. The van der Waals surface area contributed by atoms with Crippen LogP contribution in [0.15, 0.2) is 18.2 Å². The normalized spacial score (nSPS) is 10.6. The molecular formula is C16H25FN2O3. The molecule has 0 spiro atoms. The van der Waals surface area contributed by atoms with Gasteiger partial charge >= 0.3 is 6.03 Å². The number of amides is 2. The quantitative estimate of drug-likeness (QED) is 0.751. The maximum Gasteiger partial charge on any atom is 0.316 e. The highest BCUT2D eigenvalue weighted by Gasteiger charge is 2.09. The summed E-state index contributed by atoms with van der Waals surface area (Å²) in [5, 5.41) is 2.69. The second-order valence-corrected chi connectivity index (χ2v) is 5.42. The number of nitrogens with zero attached hydrogens (tertiary/aromatic N) is 1. The zero-order valence-electron chi connectivity index (χ0n) is 13.7. The fourth-order valence-electron chi connectivity index (χ4n) is 1.81. The lowest BCUT2D eigenvalue weighted by Crippen LogP contribution is -2.36. The van der Waals surface area contributed by atoms with Crippen molar-refractivity contribution >= 4 is 6.03 Å². The molecule has 2 amide bonds. The molecule has 1 N–H and O–H groups in total. The van der Waals surface area contributed by atoms with Crippen LogP contribution in [0.5, 0.6) is 5.75 Å². The monoisotopic (exact) mass is 312 g/mol. The Kier molecular flexibility index (Phi) is 7.66. The van der Waals surface area contributed by atoms with Gasteiger partial charge in [-0.2, -0.15) is 0 Å². The molecule has 0 aromatic heterocycles. The smallest absolute Gasteiger partial charge is 0.316 e. The molecule has 0 aliphatic rings. The molecule has 0 atom stereocenters. The summed E-state index contributed by atoms with van der Waals surface area (Å²) in [5.74, 6) is 0.504. The second-order valence-electron chi connectivity index (χ2n) is 5.42. The summed E-state index contributed by atoms with van der Waals surface area (Å²) in [4.78, 5) is 12.7. The molecule has 0 unspecified atom stereocenters. The third-order valence-corrected chi connectivity index (χ3v) is 3.01. The Bertz CT molecular complexity index is 478. The van der Waals surface area contributed by atoms with Crippen molar-refractivity contribution in [3.05, 3.63) is 29.6 Å². The first-order valence-corrected chi connectivity index (χ1v) is 7.37. The molecule has 0 aliphatic carbocycles. The highest BCUT2D eigenvalue weighted by atomic mass is 19.1. The van der Waals surface area contributed by atoms with E-state index < -0.39 is 0 Å². The first kappa shape index (κ1) is 18.2. The van der Waals surface area contributed by atoms with Gasteiger partial charge in [0.1, 0.15) is 18.2 Å². The summed E-state index contributed by atoms with van der Waals surface area (Å²) < 4.78 is 24.2. The molecule has 0 aliphatic heterocycles. The van der Waals surface area contributed by atoms with E-state index >= 15 is 0 Å². The highest BCUT2D eigenvalue weighted by Crippen LogP contribution is 2.27. The van der Waals surface area contributed by atoms with Crippen molar-refractivity contribution in [2.45, 2.75) is 19.8 Å². The van der Waals surface area contributed by atoms with Crippen LogP contribution in [0.1, 0.15) is 25.3 Å². The van der Waals surface area contributed by atoms with E-state index in [1.54, 1.807) is 20.2 Å². The fraction of sp³-hybridized carbons (Fsp3) is 0.562. The van der Waals surface area contributed by atoms with E-state index in [2.05, 4.69) is 5.32 Å². The lowest BCUT2D eigenvalue weighted by atomic mass is 10.0. The van der Waals surface area contributed by atoms with Gasteiger partial charge in [-0.3, -0.25) is 0 Å². The largest absolute Gasteiger partial charge is 0.491 e. The first-order chi connectivity index (χ1) is 10.4. The van der Waals surface area contributed by atoms with Crippen molar-refractivity contribution in [2.75, 3.05) is 40.5 Å². The van der Waals surface area contributed by atoms with Gasteiger partial charge in [0.15, 0.2) is 0 Å². The van der Waals surface area contributed by atoms with E-state index in [-0.39, 0.29) is 17.8 Å². The van der Waals surface area contributed by atoms with Crippen molar-refractivity contribution in [3.63, 3.8) is 0 Å². The van der Waals surface area contributed by atoms with Crippen LogP contribution in [-0.4, -0.2) is 51.4 Å². The lowest BCUT2D eigenvalue weighted by molar-refractivity contribution is 0.101. The van der Waals surface area contributed by atoms with E-state index in [0.717, 1.165) is 5.56 Å². The molecule has 0 radical (unpaired) electrons. The molecule has 0 saturated carbocycles. The summed E-state index contributed by atoms with van der Waals surface area (Å²) in [6, 6.07) is 4.42. The van der Waals surface area contributed by atoms with E-state index in [9.17, 15) is 9.18 Å². The Morgan fingerprint density at radius 1 is 1.27 bits per heavy atom. The number of ether oxygens (including phenoxy) is 2. The van der Waals surface area contributed by atoms with Gasteiger partial charge < -0.3 is 19.7 Å². The van der Waals surface area contributed by atoms with Gasteiger partial charge in [0.25, 0.3) is 0 Å². The highest BCUT2D eigenvalue weighted by molar-refractivity contribution is 5.73. The van der Waals surface area contributed by atoms with Gasteiger partial charge in [0, 0.05) is 26.7 Å². The molecule has 6 heteroatoms. The molecule has 0 heterocycles. The Labute approximate surface area is 131 Å². The summed E-state index contributed by atoms with van der Waals surface area (Å²) in [5.41, 5.74) is 0.972. The van der Waals surface area contributed by atoms with Crippen LogP contribution in [0.2, 0.25) is 0 Å². The van der Waals surface area contributed by atoms with Crippen LogP contribution in [0.4, 0.5) is 9.18 Å². The van der Waals surface area contributed by atoms with Crippen LogP contribution >= 0.6 is 0 Å². The van der Waals surface area contributed by atoms with Crippen LogP contribution in [-0.2, 0) is 4.74 Å². The van der Waals surface area contributed by atoms with Gasteiger partial charge in [-0.1, -0.05) is 19.9 Å². The Morgan fingerprint density at radius 3 is 2.64 bits per heavy atom. The number of benzene rings is 1. The number of carbonyl (C=O) groups is 1. The topological polar surface area (TPSA) is 50.8 Å². The molecular weight excluding hydrogens is 287 g/mol. The zero-order chi connectivity index (χ0) is 16.5. The fourth-order valence-corrected chi connectivity index (χ4v) is 1.81. The van der Waals surface area contributed by atoms with Crippen LogP contribution < -0.4 is 10.1 Å². The van der Waals surface area contributed by atoms with Crippen molar-refractivity contribution < 1.29 is 18.7 Å². The van der Waals surface area contributed by atoms with Crippen molar-refractivity contribution in [2.24, 2.45) is 0 Å². The molecule has 1 aromatic rings. The summed E-state index contributed by atoms with van der Waals surface area (Å²) >= 11 is 0. The number of carbonyl (C=O) groups excluding carboxylic acids is 1. The molecule has 1 rings (SSSR count). The number of hydrogen-bond acceptors (Lipinski definition) is 3. The third kappa shape index (κ3) is 6.30. The average molecular weight is 312 g/mol. The van der Waals surface area contributed by atoms with Gasteiger partial charge in [0.05, 0.1) is 13.2 Å². The molecule has 0 saturated heterocycles. The Morgan fingerprint density at radius 2 is 2.00 bits per heavy atom. The lowest BCUT2D eigenvalue weighted by Gasteiger charge is -2.14. The minimum Gasteiger partial charge on any atom is -0.491 e. The average Bonchev–Trinajstić information content (AvgIpc) is 2.45. The number of urea groups is 1. The van der Waals surface area contributed by atoms with E-state index in [1.807, 2.05) is 13.8 Å². The summed E-state index contributed by atoms with van der Waals surface area (Å²) in [6.07, 6.45) is 0. The number of rotatable bonds is 8. The Hall–Kier alpha value is -1.82. The zero-order valence-corrected chi connectivity index (χ0v) is 13.7. The van der Waals surface area contributed by atoms with Crippen molar-refractivity contribution in [3.8, 4) is 5.75 Å². The minimum atomic E-state index is -0.313. The van der Waals surface area contributed by atoms with Gasteiger partial charge in [0.2, 0.25) is 0 Å². The first-order valence-electron chi connectivity index (χ1n) is 7.37. The molecule has 124 valence electrons.